The summed E-state index contributed by atoms with van der Waals surface area (Å²) in [5.74, 6) is -1.76. The third kappa shape index (κ3) is 3.88. The van der Waals surface area contributed by atoms with Crippen LogP contribution in [0.5, 0.6) is 0 Å². The fourth-order valence-electron chi connectivity index (χ4n) is 3.48. The maximum Gasteiger partial charge on any atom is 0.417 e. The molecule has 172 valence electrons. The molecular weight excluding hydrogens is 467 g/mol. The van der Waals surface area contributed by atoms with Crippen LogP contribution in [0, 0.1) is 0 Å². The van der Waals surface area contributed by atoms with Crippen molar-refractivity contribution >= 4 is 38.4 Å². The van der Waals surface area contributed by atoms with Crippen molar-refractivity contribution in [1.29, 1.82) is 0 Å². The van der Waals surface area contributed by atoms with Gasteiger partial charge in [0.25, 0.3) is 0 Å². The molecule has 4 rings (SSSR count). The van der Waals surface area contributed by atoms with E-state index in [0.717, 1.165) is 12.1 Å². The Balaban J connectivity index is 2.22. The third-order valence-electron chi connectivity index (χ3n) is 4.77. The number of carboxylic acids is 1. The van der Waals surface area contributed by atoms with Crippen LogP contribution in [0.2, 0.25) is 0 Å². The average molecular weight is 481 g/mol. The van der Waals surface area contributed by atoms with Gasteiger partial charge in [0.05, 0.1) is 16.8 Å². The van der Waals surface area contributed by atoms with Gasteiger partial charge < -0.3 is 10.8 Å². The van der Waals surface area contributed by atoms with Crippen molar-refractivity contribution in [1.82, 2.24) is 21.5 Å². The normalized spacial score (nSPS) is 14.0. The zero-order chi connectivity index (χ0) is 24.1. The summed E-state index contributed by atoms with van der Waals surface area (Å²) < 4.78 is 66.0. The third-order valence-corrected chi connectivity index (χ3v) is 5.76. The minimum atomic E-state index is -5.08. The Morgan fingerprint density at radius 3 is 2.42 bits per heavy atom. The molecule has 0 amide bonds. The van der Waals surface area contributed by atoms with Crippen LogP contribution in [0.3, 0.4) is 0 Å². The number of hydrazone groups is 1. The molecule has 15 heteroatoms. The first-order chi connectivity index (χ1) is 15.4. The Morgan fingerprint density at radius 1 is 1.12 bits per heavy atom. The second kappa shape index (κ2) is 7.58. The standard InChI is InChI=1S/C18H14F3N7O4S/c19-18(20,21)10-5-4-7(13(15(10)33(23,31)32)16-25-27-28-26-16)9-6-12(17(29)30)24-14-8(9)2-1-3-11(14)22/h1-6,27-28H,22H2,(H,25,26)(H,29,30)(H2,23,31,32). The molecule has 0 bridgehead atoms. The highest BCUT2D eigenvalue weighted by Crippen LogP contribution is 2.41. The van der Waals surface area contributed by atoms with E-state index in [1.54, 1.807) is 0 Å². The summed E-state index contributed by atoms with van der Waals surface area (Å²) in [4.78, 5) is 14.4. The number of aromatic nitrogens is 1. The lowest BCUT2D eigenvalue weighted by molar-refractivity contribution is -0.139. The van der Waals surface area contributed by atoms with Crippen LogP contribution in [-0.4, -0.2) is 30.3 Å². The number of aromatic carboxylic acids is 1. The Kier molecular flexibility index (Phi) is 5.11. The number of nitrogens with one attached hydrogen (secondary N) is 3. The number of nitrogen functional groups attached to an aromatic ring is 1. The van der Waals surface area contributed by atoms with E-state index in [1.807, 2.05) is 0 Å². The average Bonchev–Trinajstić information content (AvgIpc) is 3.25. The van der Waals surface area contributed by atoms with Crippen LogP contribution >= 0.6 is 0 Å². The fourth-order valence-corrected chi connectivity index (χ4v) is 4.46. The largest absolute Gasteiger partial charge is 0.477 e. The Morgan fingerprint density at radius 2 is 1.85 bits per heavy atom. The van der Waals surface area contributed by atoms with E-state index in [9.17, 15) is 31.5 Å². The maximum atomic E-state index is 13.7. The van der Waals surface area contributed by atoms with Gasteiger partial charge >= 0.3 is 12.1 Å². The van der Waals surface area contributed by atoms with Crippen LogP contribution in [0.4, 0.5) is 18.9 Å². The summed E-state index contributed by atoms with van der Waals surface area (Å²) in [6, 6.07) is 7.15. The summed E-state index contributed by atoms with van der Waals surface area (Å²) in [6.45, 7) is 0. The lowest BCUT2D eigenvalue weighted by Gasteiger charge is -2.20. The summed E-state index contributed by atoms with van der Waals surface area (Å²) in [5, 5.41) is 18.7. The molecule has 11 nitrogen and oxygen atoms in total. The quantitative estimate of drug-likeness (QED) is 0.297. The number of anilines is 1. The van der Waals surface area contributed by atoms with E-state index < -0.39 is 43.9 Å². The van der Waals surface area contributed by atoms with E-state index in [1.165, 1.54) is 18.2 Å². The van der Waals surface area contributed by atoms with Gasteiger partial charge in [-0.25, -0.2) is 28.9 Å². The number of alkyl halides is 3. The van der Waals surface area contributed by atoms with Crippen molar-refractivity contribution in [3.05, 3.63) is 53.2 Å². The number of hydrogen-bond donors (Lipinski definition) is 6. The van der Waals surface area contributed by atoms with E-state index in [2.05, 4.69) is 26.6 Å². The molecule has 33 heavy (non-hydrogen) atoms. The lowest BCUT2D eigenvalue weighted by Crippen LogP contribution is -2.36. The van der Waals surface area contributed by atoms with Gasteiger partial charge in [0, 0.05) is 10.9 Å². The number of rotatable bonds is 4. The number of pyridine rings is 1. The first kappa shape index (κ1) is 22.3. The number of sulfonamides is 1. The Bertz CT molecular complexity index is 1460. The maximum absolute atomic E-state index is 13.7. The monoisotopic (exact) mass is 481 g/mol. The highest BCUT2D eigenvalue weighted by atomic mass is 32.2. The molecular formula is C18H14F3N7O4S. The van der Waals surface area contributed by atoms with Crippen LogP contribution in [0.25, 0.3) is 22.0 Å². The van der Waals surface area contributed by atoms with Crippen molar-refractivity contribution in [3.63, 3.8) is 0 Å². The molecule has 1 aliphatic heterocycles. The molecule has 0 atom stereocenters. The number of hydrazine groups is 2. The fraction of sp³-hybridized carbons (Fsp3) is 0.0556. The van der Waals surface area contributed by atoms with Crippen molar-refractivity contribution in [2.75, 3.05) is 5.73 Å². The summed E-state index contributed by atoms with van der Waals surface area (Å²) in [6.07, 6.45) is -5.08. The predicted molar refractivity (Wildman–Crippen MR) is 111 cm³/mol. The number of primary sulfonamides is 1. The Labute approximate surface area is 183 Å². The molecule has 0 fully saturated rings. The van der Waals surface area contributed by atoms with Gasteiger partial charge in [0.15, 0.2) is 5.84 Å². The lowest BCUT2D eigenvalue weighted by atomic mass is 9.93. The summed E-state index contributed by atoms with van der Waals surface area (Å²) >= 11 is 0. The number of carbonyl (C=O) groups is 1. The van der Waals surface area contributed by atoms with Crippen LogP contribution in [0.1, 0.15) is 21.6 Å². The van der Waals surface area contributed by atoms with Crippen LogP contribution < -0.4 is 27.4 Å². The van der Waals surface area contributed by atoms with Gasteiger partial charge in [-0.3, -0.25) is 5.43 Å². The smallest absolute Gasteiger partial charge is 0.417 e. The molecule has 0 saturated carbocycles. The highest BCUT2D eigenvalue weighted by Gasteiger charge is 2.40. The molecule has 2 aromatic carbocycles. The van der Waals surface area contributed by atoms with Gasteiger partial charge in [-0.1, -0.05) is 18.2 Å². The molecule has 0 unspecified atom stereocenters. The number of benzene rings is 2. The molecule has 0 aliphatic carbocycles. The van der Waals surface area contributed by atoms with Gasteiger partial charge in [0.2, 0.25) is 10.0 Å². The van der Waals surface area contributed by atoms with Gasteiger partial charge in [0.1, 0.15) is 10.6 Å². The molecule has 1 aliphatic rings. The number of halogens is 3. The van der Waals surface area contributed by atoms with Crippen molar-refractivity contribution in [2.45, 2.75) is 11.1 Å². The van der Waals surface area contributed by atoms with Crippen molar-refractivity contribution < 1.29 is 31.5 Å². The first-order valence-corrected chi connectivity index (χ1v) is 10.5. The topological polar surface area (TPSA) is 185 Å². The summed E-state index contributed by atoms with van der Waals surface area (Å²) in [7, 11) is -4.96. The number of para-hydroxylation sites is 1. The number of amidine groups is 1. The number of nitrogens with zero attached hydrogens (tertiary/aromatic N) is 2. The summed E-state index contributed by atoms with van der Waals surface area (Å²) in [5.41, 5.74) is 10.5. The molecule has 2 heterocycles. The molecule has 0 saturated heterocycles. The SMILES string of the molecule is Nc1cccc2c(-c3ccc(C(F)(F)F)c(S(N)(=O)=O)c3C3=NNNN3)cc(C(=O)O)nc12. The number of nitrogens with two attached hydrogens (primary N) is 2. The van der Waals surface area contributed by atoms with Gasteiger partial charge in [-0.15, -0.1) is 10.6 Å². The minimum absolute atomic E-state index is 0.0507. The number of carboxylic acid groups (broad SMARTS) is 1. The van der Waals surface area contributed by atoms with Gasteiger partial charge in [-0.2, -0.15) is 13.2 Å². The van der Waals surface area contributed by atoms with Crippen molar-refractivity contribution in [2.24, 2.45) is 10.2 Å². The van der Waals surface area contributed by atoms with Crippen molar-refractivity contribution in [3.8, 4) is 11.1 Å². The van der Waals surface area contributed by atoms with E-state index >= 15 is 0 Å². The van der Waals surface area contributed by atoms with Crippen LogP contribution in [0.15, 0.2) is 46.4 Å². The number of hydrogen-bond acceptors (Lipinski definition) is 9. The molecule has 0 radical (unpaired) electrons. The van der Waals surface area contributed by atoms with E-state index in [4.69, 9.17) is 10.9 Å². The molecule has 8 N–H and O–H groups in total. The molecule has 3 aromatic rings. The molecule has 1 aromatic heterocycles. The van der Waals surface area contributed by atoms with Gasteiger partial charge in [-0.05, 0) is 29.3 Å². The second-order valence-electron chi connectivity index (χ2n) is 6.83. The molecule has 0 spiro atoms. The minimum Gasteiger partial charge on any atom is -0.477 e. The van der Waals surface area contributed by atoms with E-state index in [0.29, 0.717) is 6.07 Å². The highest BCUT2D eigenvalue weighted by molar-refractivity contribution is 7.89. The Hall–Kier alpha value is -3.95. The zero-order valence-electron chi connectivity index (χ0n) is 16.2. The number of fused-ring (bicyclic) bond motifs is 1. The predicted octanol–water partition coefficient (Wildman–Crippen LogP) is 1.12. The van der Waals surface area contributed by atoms with Crippen LogP contribution in [-0.2, 0) is 16.2 Å². The van der Waals surface area contributed by atoms with E-state index in [-0.39, 0.29) is 33.6 Å². The first-order valence-electron chi connectivity index (χ1n) is 8.93. The second-order valence-corrected chi connectivity index (χ2v) is 8.33. The zero-order valence-corrected chi connectivity index (χ0v) is 17.0.